The molecule has 7 nitrogen and oxygen atoms in total. The van der Waals surface area contributed by atoms with Gasteiger partial charge in [-0.2, -0.15) is 5.26 Å². The number of rotatable bonds is 8. The van der Waals surface area contributed by atoms with Crippen molar-refractivity contribution in [2.75, 3.05) is 5.32 Å². The van der Waals surface area contributed by atoms with Gasteiger partial charge in [-0.3, -0.25) is 9.59 Å². The molecular formula is C30H29N3O4. The number of carbonyl (C=O) groups is 3. The monoisotopic (exact) mass is 495 g/mol. The lowest BCUT2D eigenvalue weighted by Crippen LogP contribution is -2.44. The lowest BCUT2D eigenvalue weighted by Gasteiger charge is -2.27. The van der Waals surface area contributed by atoms with Gasteiger partial charge in [0.25, 0.3) is 11.8 Å². The first-order valence-electron chi connectivity index (χ1n) is 12.3. The van der Waals surface area contributed by atoms with Gasteiger partial charge in [-0.15, -0.1) is 0 Å². The number of carbonyl (C=O) groups excluding carboxylic acids is 2. The second-order valence-corrected chi connectivity index (χ2v) is 9.58. The summed E-state index contributed by atoms with van der Waals surface area (Å²) in [5, 5.41) is 21.7. The van der Waals surface area contributed by atoms with E-state index in [0.29, 0.717) is 23.2 Å². The van der Waals surface area contributed by atoms with Gasteiger partial charge in [0.05, 0.1) is 12.0 Å². The van der Waals surface area contributed by atoms with Gasteiger partial charge in [-0.1, -0.05) is 57.2 Å². The number of carboxylic acid groups (broad SMARTS) is 1. The summed E-state index contributed by atoms with van der Waals surface area (Å²) in [5.74, 6) is -1.91. The van der Waals surface area contributed by atoms with Crippen LogP contribution < -0.4 is 5.32 Å². The highest BCUT2D eigenvalue weighted by Gasteiger charge is 2.38. The number of nitrogens with zero attached hydrogens (tertiary/aromatic N) is 2. The highest BCUT2D eigenvalue weighted by molar-refractivity contribution is 6.04. The fourth-order valence-electron chi connectivity index (χ4n) is 4.72. The smallest absolute Gasteiger partial charge is 0.326 e. The van der Waals surface area contributed by atoms with E-state index in [1.54, 1.807) is 44.2 Å². The van der Waals surface area contributed by atoms with Gasteiger partial charge in [0.1, 0.15) is 6.04 Å². The molecule has 1 unspecified atom stereocenters. The van der Waals surface area contributed by atoms with Crippen LogP contribution in [0.5, 0.6) is 0 Å². The molecule has 3 aromatic carbocycles. The van der Waals surface area contributed by atoms with E-state index in [0.717, 1.165) is 22.3 Å². The average molecular weight is 496 g/mol. The van der Waals surface area contributed by atoms with Crippen LogP contribution in [0.3, 0.4) is 0 Å². The lowest BCUT2D eigenvalue weighted by molar-refractivity contribution is -0.144. The standard InChI is InChI=1S/C30H29N3O4/c1-4-19(16-31)20-5-7-22(8-6-20)28(34)32-25-13-11-21(12-14-25)23-9-10-24-17-33(29(35)26(24)15-23)27(18(2)3)30(36)37/h5-15,18-19,27H,4,17H2,1-3H3,(H,32,34)(H,36,37)/t19?,27-/m0/s1. The van der Waals surface area contributed by atoms with E-state index >= 15 is 0 Å². The molecule has 4 rings (SSSR count). The Morgan fingerprint density at radius 3 is 2.24 bits per heavy atom. The molecule has 0 aliphatic carbocycles. The number of benzene rings is 3. The highest BCUT2D eigenvalue weighted by atomic mass is 16.4. The number of anilines is 1. The number of amides is 2. The van der Waals surface area contributed by atoms with E-state index in [4.69, 9.17) is 0 Å². The molecule has 0 saturated heterocycles. The average Bonchev–Trinajstić information content (AvgIpc) is 3.20. The Bertz CT molecular complexity index is 1370. The minimum absolute atomic E-state index is 0.184. The Hall–Kier alpha value is -4.44. The third-order valence-electron chi connectivity index (χ3n) is 6.78. The predicted molar refractivity (Wildman–Crippen MR) is 141 cm³/mol. The van der Waals surface area contributed by atoms with E-state index < -0.39 is 12.0 Å². The van der Waals surface area contributed by atoms with Crippen molar-refractivity contribution in [1.29, 1.82) is 5.26 Å². The van der Waals surface area contributed by atoms with Gasteiger partial charge < -0.3 is 15.3 Å². The van der Waals surface area contributed by atoms with Crippen LogP contribution in [0.25, 0.3) is 11.1 Å². The third-order valence-corrected chi connectivity index (χ3v) is 6.78. The molecule has 188 valence electrons. The molecule has 1 heterocycles. The molecule has 1 aliphatic rings. The van der Waals surface area contributed by atoms with Crippen LogP contribution in [0.2, 0.25) is 0 Å². The Kier molecular flexibility index (Phi) is 7.40. The molecule has 0 aromatic heterocycles. The molecule has 37 heavy (non-hydrogen) atoms. The molecule has 0 fully saturated rings. The summed E-state index contributed by atoms with van der Waals surface area (Å²) in [4.78, 5) is 38.9. The summed E-state index contributed by atoms with van der Waals surface area (Å²) < 4.78 is 0. The van der Waals surface area contributed by atoms with Crippen LogP contribution in [0.1, 0.15) is 65.0 Å². The van der Waals surface area contributed by atoms with Crippen LogP contribution in [0.15, 0.2) is 66.7 Å². The molecule has 2 atom stereocenters. The minimum Gasteiger partial charge on any atom is -0.480 e. The molecule has 2 N–H and O–H groups in total. The van der Waals surface area contributed by atoms with Gasteiger partial charge in [0.2, 0.25) is 0 Å². The zero-order chi connectivity index (χ0) is 26.7. The van der Waals surface area contributed by atoms with Gasteiger partial charge in [-0.25, -0.2) is 4.79 Å². The van der Waals surface area contributed by atoms with E-state index in [1.165, 1.54) is 4.90 Å². The molecule has 0 radical (unpaired) electrons. The van der Waals surface area contributed by atoms with Crippen molar-refractivity contribution in [2.45, 2.75) is 45.7 Å². The summed E-state index contributed by atoms with van der Waals surface area (Å²) >= 11 is 0. The Labute approximate surface area is 216 Å². The Morgan fingerprint density at radius 1 is 1.03 bits per heavy atom. The minimum atomic E-state index is -1.00. The topological polar surface area (TPSA) is 111 Å². The van der Waals surface area contributed by atoms with E-state index in [-0.39, 0.29) is 30.2 Å². The Morgan fingerprint density at radius 2 is 1.68 bits per heavy atom. The fraction of sp³-hybridized carbons (Fsp3) is 0.267. The number of aliphatic carboxylic acids is 1. The molecule has 7 heteroatoms. The van der Waals surface area contributed by atoms with Crippen LogP contribution in [-0.4, -0.2) is 33.8 Å². The first kappa shape index (κ1) is 25.6. The molecule has 0 spiro atoms. The summed E-state index contributed by atoms with van der Waals surface area (Å²) in [6, 6.07) is 21.4. The number of fused-ring (bicyclic) bond motifs is 1. The summed E-state index contributed by atoms with van der Waals surface area (Å²) in [6.07, 6.45) is 0.714. The zero-order valence-electron chi connectivity index (χ0n) is 21.1. The summed E-state index contributed by atoms with van der Waals surface area (Å²) in [6.45, 7) is 5.83. The normalized spacial score (nSPS) is 14.1. The number of hydrogen-bond donors (Lipinski definition) is 2. The number of carboxylic acids is 1. The maximum absolute atomic E-state index is 13.0. The van der Waals surface area contributed by atoms with Crippen molar-refractivity contribution in [1.82, 2.24) is 4.90 Å². The van der Waals surface area contributed by atoms with Gasteiger partial charge in [0, 0.05) is 23.4 Å². The van der Waals surface area contributed by atoms with Crippen LogP contribution in [0, 0.1) is 17.2 Å². The maximum Gasteiger partial charge on any atom is 0.326 e. The van der Waals surface area contributed by atoms with Crippen molar-refractivity contribution in [3.8, 4) is 17.2 Å². The van der Waals surface area contributed by atoms with Crippen LogP contribution in [0.4, 0.5) is 5.69 Å². The molecule has 3 aromatic rings. The fourth-order valence-corrected chi connectivity index (χ4v) is 4.72. The molecule has 0 saturated carbocycles. The molecule has 0 bridgehead atoms. The van der Waals surface area contributed by atoms with Crippen LogP contribution in [-0.2, 0) is 11.3 Å². The van der Waals surface area contributed by atoms with E-state index in [9.17, 15) is 24.8 Å². The van der Waals surface area contributed by atoms with Crippen molar-refractivity contribution in [3.63, 3.8) is 0 Å². The van der Waals surface area contributed by atoms with Crippen molar-refractivity contribution >= 4 is 23.5 Å². The van der Waals surface area contributed by atoms with Crippen molar-refractivity contribution < 1.29 is 19.5 Å². The van der Waals surface area contributed by atoms with Crippen molar-refractivity contribution in [2.24, 2.45) is 5.92 Å². The second-order valence-electron chi connectivity index (χ2n) is 9.58. The van der Waals surface area contributed by atoms with Gasteiger partial charge in [-0.05, 0) is 64.9 Å². The number of hydrogen-bond acceptors (Lipinski definition) is 4. The molecule has 2 amide bonds. The number of nitrogens with one attached hydrogen (secondary N) is 1. The maximum atomic E-state index is 13.0. The second kappa shape index (κ2) is 10.7. The zero-order valence-corrected chi connectivity index (χ0v) is 21.1. The SMILES string of the molecule is CCC(C#N)c1ccc(C(=O)Nc2ccc(-c3ccc4c(c3)C(=O)N([C@H](C(=O)O)C(C)C)C4)cc2)cc1. The van der Waals surface area contributed by atoms with E-state index in [1.807, 2.05) is 43.3 Å². The van der Waals surface area contributed by atoms with Crippen molar-refractivity contribution in [3.05, 3.63) is 89.0 Å². The lowest BCUT2D eigenvalue weighted by atomic mass is 9.97. The molecular weight excluding hydrogens is 466 g/mol. The Balaban J connectivity index is 1.47. The predicted octanol–water partition coefficient (Wildman–Crippen LogP) is 5.69. The summed E-state index contributed by atoms with van der Waals surface area (Å²) in [5.41, 5.74) is 5.07. The third kappa shape index (κ3) is 5.24. The summed E-state index contributed by atoms with van der Waals surface area (Å²) in [7, 11) is 0. The molecule has 1 aliphatic heterocycles. The highest BCUT2D eigenvalue weighted by Crippen LogP contribution is 2.31. The first-order valence-corrected chi connectivity index (χ1v) is 12.3. The van der Waals surface area contributed by atoms with Crippen LogP contribution >= 0.6 is 0 Å². The first-order chi connectivity index (χ1) is 17.7. The van der Waals surface area contributed by atoms with Gasteiger partial charge >= 0.3 is 5.97 Å². The largest absolute Gasteiger partial charge is 0.480 e. The number of nitriles is 1. The quantitative estimate of drug-likeness (QED) is 0.417. The van der Waals surface area contributed by atoms with Gasteiger partial charge in [0.15, 0.2) is 0 Å². The van der Waals surface area contributed by atoms with E-state index in [2.05, 4.69) is 11.4 Å².